The third kappa shape index (κ3) is 4.07. The molecule has 13 heavy (non-hydrogen) atoms. The SMILES string of the molecule is CC1CCNCCN1CCN(C)C. The molecule has 1 heterocycles. The molecule has 1 unspecified atom stereocenters. The summed E-state index contributed by atoms with van der Waals surface area (Å²) in [6.07, 6.45) is 1.29. The smallest absolute Gasteiger partial charge is 0.0112 e. The van der Waals surface area contributed by atoms with Gasteiger partial charge in [-0.05, 0) is 34.0 Å². The van der Waals surface area contributed by atoms with Crippen molar-refractivity contribution >= 4 is 0 Å². The first kappa shape index (κ1) is 11.0. The van der Waals surface area contributed by atoms with Crippen LogP contribution in [0.4, 0.5) is 0 Å². The largest absolute Gasteiger partial charge is 0.315 e. The zero-order valence-electron chi connectivity index (χ0n) is 9.21. The second-order valence-corrected chi connectivity index (χ2v) is 4.23. The van der Waals surface area contributed by atoms with Gasteiger partial charge in [-0.15, -0.1) is 0 Å². The molecule has 1 atom stereocenters. The van der Waals surface area contributed by atoms with Gasteiger partial charge in [-0.25, -0.2) is 0 Å². The van der Waals surface area contributed by atoms with Gasteiger partial charge < -0.3 is 10.2 Å². The summed E-state index contributed by atoms with van der Waals surface area (Å²) in [5, 5.41) is 3.44. The molecule has 0 radical (unpaired) electrons. The molecule has 1 aliphatic heterocycles. The van der Waals surface area contributed by atoms with E-state index in [1.807, 2.05) is 0 Å². The molecule has 1 rings (SSSR count). The Morgan fingerprint density at radius 3 is 2.85 bits per heavy atom. The quantitative estimate of drug-likeness (QED) is 0.679. The fraction of sp³-hybridized carbons (Fsp3) is 1.00. The fourth-order valence-corrected chi connectivity index (χ4v) is 1.72. The molecule has 0 aromatic carbocycles. The van der Waals surface area contributed by atoms with Gasteiger partial charge in [-0.1, -0.05) is 0 Å². The maximum atomic E-state index is 3.44. The maximum absolute atomic E-state index is 3.44. The zero-order valence-corrected chi connectivity index (χ0v) is 9.21. The minimum atomic E-state index is 0.745. The Bertz CT molecular complexity index is 136. The summed E-state index contributed by atoms with van der Waals surface area (Å²) in [7, 11) is 4.28. The second kappa shape index (κ2) is 5.58. The van der Waals surface area contributed by atoms with Gasteiger partial charge in [0.2, 0.25) is 0 Å². The van der Waals surface area contributed by atoms with E-state index in [0.29, 0.717) is 0 Å². The second-order valence-electron chi connectivity index (χ2n) is 4.23. The Balaban J connectivity index is 2.27. The van der Waals surface area contributed by atoms with Crippen molar-refractivity contribution in [2.75, 3.05) is 46.8 Å². The summed E-state index contributed by atoms with van der Waals surface area (Å²) in [5.74, 6) is 0. The van der Waals surface area contributed by atoms with Crippen LogP contribution >= 0.6 is 0 Å². The summed E-state index contributed by atoms with van der Waals surface area (Å²) in [4.78, 5) is 4.84. The van der Waals surface area contributed by atoms with Crippen LogP contribution in [-0.4, -0.2) is 62.7 Å². The summed E-state index contributed by atoms with van der Waals surface area (Å²) in [6, 6.07) is 0.745. The van der Waals surface area contributed by atoms with Gasteiger partial charge in [-0.3, -0.25) is 4.90 Å². The Morgan fingerprint density at radius 2 is 2.15 bits per heavy atom. The number of nitrogens with one attached hydrogen (secondary N) is 1. The van der Waals surface area contributed by atoms with E-state index in [9.17, 15) is 0 Å². The highest BCUT2D eigenvalue weighted by atomic mass is 15.2. The molecular weight excluding hydrogens is 162 g/mol. The number of hydrogen-bond acceptors (Lipinski definition) is 3. The number of hydrogen-bond donors (Lipinski definition) is 1. The predicted octanol–water partition coefficient (Wildman–Crippen LogP) is 0.232. The zero-order chi connectivity index (χ0) is 9.68. The van der Waals surface area contributed by atoms with E-state index in [1.54, 1.807) is 0 Å². The molecule has 1 saturated heterocycles. The lowest BCUT2D eigenvalue weighted by atomic mass is 10.2. The lowest BCUT2D eigenvalue weighted by Crippen LogP contribution is -2.39. The van der Waals surface area contributed by atoms with Crippen LogP contribution in [0.3, 0.4) is 0 Å². The van der Waals surface area contributed by atoms with Gasteiger partial charge in [-0.2, -0.15) is 0 Å². The molecule has 0 amide bonds. The third-order valence-corrected chi connectivity index (χ3v) is 2.77. The summed E-state index contributed by atoms with van der Waals surface area (Å²) < 4.78 is 0. The number of nitrogens with zero attached hydrogens (tertiary/aromatic N) is 2. The van der Waals surface area contributed by atoms with Crippen LogP contribution in [0.1, 0.15) is 13.3 Å². The Hall–Kier alpha value is -0.120. The van der Waals surface area contributed by atoms with E-state index in [1.165, 1.54) is 32.6 Å². The van der Waals surface area contributed by atoms with Crippen molar-refractivity contribution in [2.45, 2.75) is 19.4 Å². The molecule has 1 fully saturated rings. The van der Waals surface area contributed by atoms with Crippen molar-refractivity contribution < 1.29 is 0 Å². The van der Waals surface area contributed by atoms with Crippen LogP contribution in [0, 0.1) is 0 Å². The molecule has 0 aromatic rings. The van der Waals surface area contributed by atoms with Crippen molar-refractivity contribution in [3.05, 3.63) is 0 Å². The highest BCUT2D eigenvalue weighted by molar-refractivity contribution is 4.73. The van der Waals surface area contributed by atoms with E-state index >= 15 is 0 Å². The van der Waals surface area contributed by atoms with Crippen LogP contribution in [0.5, 0.6) is 0 Å². The first-order chi connectivity index (χ1) is 6.20. The molecule has 0 spiro atoms. The van der Waals surface area contributed by atoms with Crippen molar-refractivity contribution in [3.8, 4) is 0 Å². The van der Waals surface area contributed by atoms with Crippen molar-refractivity contribution in [1.82, 2.24) is 15.1 Å². The molecule has 0 aromatic heterocycles. The average molecular weight is 185 g/mol. The molecule has 0 aliphatic carbocycles. The van der Waals surface area contributed by atoms with E-state index in [-0.39, 0.29) is 0 Å². The van der Waals surface area contributed by atoms with Crippen LogP contribution < -0.4 is 5.32 Å². The summed E-state index contributed by atoms with van der Waals surface area (Å²) >= 11 is 0. The van der Waals surface area contributed by atoms with E-state index in [2.05, 4.69) is 36.1 Å². The third-order valence-electron chi connectivity index (χ3n) is 2.77. The standard InChI is InChI=1S/C10H23N3/c1-10-4-5-11-6-7-13(10)9-8-12(2)3/h10-11H,4-9H2,1-3H3. The molecule has 3 heteroatoms. The lowest BCUT2D eigenvalue weighted by Gasteiger charge is -2.27. The highest BCUT2D eigenvalue weighted by Crippen LogP contribution is 2.05. The van der Waals surface area contributed by atoms with Gasteiger partial charge in [0.25, 0.3) is 0 Å². The molecule has 0 bridgehead atoms. The molecule has 1 aliphatic rings. The minimum absolute atomic E-state index is 0.745. The minimum Gasteiger partial charge on any atom is -0.315 e. The maximum Gasteiger partial charge on any atom is 0.0112 e. The Kier molecular flexibility index (Phi) is 4.70. The summed E-state index contributed by atoms with van der Waals surface area (Å²) in [6.45, 7) is 8.25. The van der Waals surface area contributed by atoms with Crippen molar-refractivity contribution in [2.24, 2.45) is 0 Å². The van der Waals surface area contributed by atoms with Gasteiger partial charge in [0.05, 0.1) is 0 Å². The predicted molar refractivity (Wildman–Crippen MR) is 57.1 cm³/mol. The normalized spacial score (nSPS) is 26.3. The van der Waals surface area contributed by atoms with Crippen LogP contribution in [0.2, 0.25) is 0 Å². The first-order valence-electron chi connectivity index (χ1n) is 5.29. The average Bonchev–Trinajstić information content (AvgIpc) is 2.27. The lowest BCUT2D eigenvalue weighted by molar-refractivity contribution is 0.198. The van der Waals surface area contributed by atoms with Gasteiger partial charge in [0.15, 0.2) is 0 Å². The van der Waals surface area contributed by atoms with E-state index < -0.39 is 0 Å². The van der Waals surface area contributed by atoms with Crippen molar-refractivity contribution in [1.29, 1.82) is 0 Å². The topological polar surface area (TPSA) is 18.5 Å². The van der Waals surface area contributed by atoms with Gasteiger partial charge >= 0.3 is 0 Å². The summed E-state index contributed by atoms with van der Waals surface area (Å²) in [5.41, 5.74) is 0. The number of likely N-dealkylation sites (N-methyl/N-ethyl adjacent to an activating group) is 1. The van der Waals surface area contributed by atoms with Crippen molar-refractivity contribution in [3.63, 3.8) is 0 Å². The fourth-order valence-electron chi connectivity index (χ4n) is 1.72. The molecule has 0 saturated carbocycles. The van der Waals surface area contributed by atoms with Gasteiger partial charge in [0, 0.05) is 32.2 Å². The van der Waals surface area contributed by atoms with E-state index in [4.69, 9.17) is 0 Å². The number of rotatable bonds is 3. The highest BCUT2D eigenvalue weighted by Gasteiger charge is 2.15. The van der Waals surface area contributed by atoms with E-state index in [0.717, 1.165) is 12.6 Å². The van der Waals surface area contributed by atoms with Crippen LogP contribution in [0.15, 0.2) is 0 Å². The molecule has 3 nitrogen and oxygen atoms in total. The molecule has 1 N–H and O–H groups in total. The first-order valence-corrected chi connectivity index (χ1v) is 5.29. The molecular formula is C10H23N3. The van der Waals surface area contributed by atoms with Crippen LogP contribution in [-0.2, 0) is 0 Å². The van der Waals surface area contributed by atoms with Gasteiger partial charge in [0.1, 0.15) is 0 Å². The Labute approximate surface area is 82.1 Å². The monoisotopic (exact) mass is 185 g/mol. The van der Waals surface area contributed by atoms with Crippen LogP contribution in [0.25, 0.3) is 0 Å². The Morgan fingerprint density at radius 1 is 1.38 bits per heavy atom. The molecule has 78 valence electrons.